The second-order valence-electron chi connectivity index (χ2n) is 6.69. The van der Waals surface area contributed by atoms with E-state index in [4.69, 9.17) is 9.47 Å². The molecule has 0 bridgehead atoms. The molecule has 0 heterocycles. The van der Waals surface area contributed by atoms with Crippen molar-refractivity contribution in [1.82, 2.24) is 5.32 Å². The quantitative estimate of drug-likeness (QED) is 0.654. The molecule has 0 saturated heterocycles. The van der Waals surface area contributed by atoms with Crippen molar-refractivity contribution in [3.05, 3.63) is 53.6 Å². The number of rotatable bonds is 8. The molecule has 11 heteroatoms. The predicted molar refractivity (Wildman–Crippen MR) is 110 cm³/mol. The molecule has 7 nitrogen and oxygen atoms in total. The monoisotopic (exact) mass is 460 g/mol. The van der Waals surface area contributed by atoms with Crippen molar-refractivity contribution in [3.8, 4) is 11.5 Å². The molecule has 1 amide bonds. The highest BCUT2D eigenvalue weighted by atomic mass is 32.2. The van der Waals surface area contributed by atoms with Crippen molar-refractivity contribution < 1.29 is 35.9 Å². The highest BCUT2D eigenvalue weighted by Gasteiger charge is 2.32. The van der Waals surface area contributed by atoms with Gasteiger partial charge in [-0.25, -0.2) is 8.42 Å². The molecule has 0 aliphatic carbocycles. The molecular weight excluding hydrogens is 437 g/mol. The van der Waals surface area contributed by atoms with Gasteiger partial charge in [0.05, 0.1) is 31.7 Å². The van der Waals surface area contributed by atoms with E-state index in [1.54, 1.807) is 6.07 Å². The standard InChI is InChI=1S/C20H23F3N2O5S/c1-13(19(26)24-12-14-6-5-7-15(10-14)20(21,22)23)25(31(4,27)28)17-11-16(29-2)8-9-18(17)30-3/h5-11,13H,12H2,1-4H3,(H,24,26)/t13-/m1/s1. The van der Waals surface area contributed by atoms with E-state index in [1.807, 2.05) is 0 Å². The third-order valence-corrected chi connectivity index (χ3v) is 5.66. The summed E-state index contributed by atoms with van der Waals surface area (Å²) in [5.41, 5.74) is -0.530. The average molecular weight is 460 g/mol. The summed E-state index contributed by atoms with van der Waals surface area (Å²) >= 11 is 0. The Morgan fingerprint density at radius 2 is 1.81 bits per heavy atom. The first-order valence-electron chi connectivity index (χ1n) is 9.03. The molecule has 2 rings (SSSR count). The van der Waals surface area contributed by atoms with Crippen LogP contribution < -0.4 is 19.1 Å². The molecule has 2 aromatic rings. The fraction of sp³-hybridized carbons (Fsp3) is 0.350. The summed E-state index contributed by atoms with van der Waals surface area (Å²) in [7, 11) is -1.18. The van der Waals surface area contributed by atoms with E-state index in [9.17, 15) is 26.4 Å². The SMILES string of the molecule is COc1ccc(OC)c(N([C@H](C)C(=O)NCc2cccc(C(F)(F)F)c2)S(C)(=O)=O)c1. The zero-order chi connectivity index (χ0) is 23.4. The molecule has 0 aliphatic heterocycles. The number of hydrogen-bond donors (Lipinski definition) is 1. The molecular formula is C20H23F3N2O5S. The number of carbonyl (C=O) groups excluding carboxylic acids is 1. The lowest BCUT2D eigenvalue weighted by Gasteiger charge is -2.29. The van der Waals surface area contributed by atoms with Gasteiger partial charge >= 0.3 is 6.18 Å². The lowest BCUT2D eigenvalue weighted by Crippen LogP contribution is -2.47. The van der Waals surface area contributed by atoms with Crippen LogP contribution in [0, 0.1) is 0 Å². The second-order valence-corrected chi connectivity index (χ2v) is 8.55. The lowest BCUT2D eigenvalue weighted by atomic mass is 10.1. The van der Waals surface area contributed by atoms with Crippen LogP contribution in [0.3, 0.4) is 0 Å². The summed E-state index contributed by atoms with van der Waals surface area (Å²) in [5.74, 6) is -0.155. The van der Waals surface area contributed by atoms with Crippen LogP contribution in [0.1, 0.15) is 18.1 Å². The first-order chi connectivity index (χ1) is 14.4. The smallest absolute Gasteiger partial charge is 0.416 e. The number of alkyl halides is 3. The van der Waals surface area contributed by atoms with Crippen LogP contribution in [0.5, 0.6) is 11.5 Å². The van der Waals surface area contributed by atoms with Crippen molar-refractivity contribution in [3.63, 3.8) is 0 Å². The summed E-state index contributed by atoms with van der Waals surface area (Å²) in [6.07, 6.45) is -3.58. The number of hydrogen-bond acceptors (Lipinski definition) is 5. The van der Waals surface area contributed by atoms with Gasteiger partial charge in [0.1, 0.15) is 17.5 Å². The number of halogens is 3. The van der Waals surface area contributed by atoms with Gasteiger partial charge in [0.25, 0.3) is 0 Å². The minimum atomic E-state index is -4.51. The molecule has 2 aromatic carbocycles. The molecule has 0 spiro atoms. The molecule has 0 unspecified atom stereocenters. The topological polar surface area (TPSA) is 84.9 Å². The predicted octanol–water partition coefficient (Wildman–Crippen LogP) is 3.19. The summed E-state index contributed by atoms with van der Waals surface area (Å²) < 4.78 is 74.8. The van der Waals surface area contributed by atoms with Crippen molar-refractivity contribution in [1.29, 1.82) is 0 Å². The van der Waals surface area contributed by atoms with Crippen molar-refractivity contribution in [2.24, 2.45) is 0 Å². The zero-order valence-corrected chi connectivity index (χ0v) is 18.2. The number of carbonyl (C=O) groups is 1. The van der Waals surface area contributed by atoms with Crippen molar-refractivity contribution >= 4 is 21.6 Å². The number of ether oxygens (including phenoxy) is 2. The first kappa shape index (κ1) is 24.3. The highest BCUT2D eigenvalue weighted by molar-refractivity contribution is 7.92. The van der Waals surface area contributed by atoms with Gasteiger partial charge in [0.2, 0.25) is 15.9 Å². The number of nitrogens with zero attached hydrogens (tertiary/aromatic N) is 1. The summed E-state index contributed by atoms with van der Waals surface area (Å²) in [4.78, 5) is 12.7. The number of anilines is 1. The Kier molecular flexibility index (Phi) is 7.42. The number of benzene rings is 2. The van der Waals surface area contributed by atoms with Gasteiger partial charge in [-0.3, -0.25) is 9.10 Å². The molecule has 0 saturated carbocycles. The molecule has 0 radical (unpaired) electrons. The third-order valence-electron chi connectivity index (χ3n) is 4.43. The van der Waals surface area contributed by atoms with Gasteiger partial charge in [-0.05, 0) is 36.8 Å². The highest BCUT2D eigenvalue weighted by Crippen LogP contribution is 2.35. The van der Waals surface area contributed by atoms with Crippen LogP contribution in [-0.4, -0.2) is 40.8 Å². The van der Waals surface area contributed by atoms with Gasteiger partial charge in [-0.2, -0.15) is 13.2 Å². The summed E-state index contributed by atoms with van der Waals surface area (Å²) in [5, 5.41) is 2.48. The first-order valence-corrected chi connectivity index (χ1v) is 10.9. The largest absolute Gasteiger partial charge is 0.497 e. The average Bonchev–Trinajstić information content (AvgIpc) is 2.70. The van der Waals surface area contributed by atoms with E-state index in [2.05, 4.69) is 5.32 Å². The fourth-order valence-electron chi connectivity index (χ4n) is 2.94. The Balaban J connectivity index is 2.29. The molecule has 1 N–H and O–H groups in total. The minimum Gasteiger partial charge on any atom is -0.497 e. The lowest BCUT2D eigenvalue weighted by molar-refractivity contribution is -0.137. The van der Waals surface area contributed by atoms with Crippen LogP contribution in [0.2, 0.25) is 0 Å². The van der Waals surface area contributed by atoms with Crippen LogP contribution in [-0.2, 0) is 27.5 Å². The van der Waals surface area contributed by atoms with E-state index in [-0.39, 0.29) is 23.5 Å². The Hall–Kier alpha value is -2.95. The minimum absolute atomic E-state index is 0.0890. The van der Waals surface area contributed by atoms with Gasteiger partial charge < -0.3 is 14.8 Å². The normalized spacial score (nSPS) is 12.7. The van der Waals surface area contributed by atoms with Gasteiger partial charge in [0.15, 0.2) is 0 Å². The second kappa shape index (κ2) is 9.46. The van der Waals surface area contributed by atoms with Crippen molar-refractivity contribution in [2.45, 2.75) is 25.7 Å². The molecule has 0 aliphatic rings. The van der Waals surface area contributed by atoms with Crippen LogP contribution in [0.15, 0.2) is 42.5 Å². The number of nitrogens with one attached hydrogen (secondary N) is 1. The maximum absolute atomic E-state index is 12.9. The summed E-state index contributed by atoms with van der Waals surface area (Å²) in [6, 6.07) is 7.77. The Morgan fingerprint density at radius 1 is 1.13 bits per heavy atom. The number of amides is 1. The van der Waals surface area contributed by atoms with E-state index < -0.39 is 33.7 Å². The zero-order valence-electron chi connectivity index (χ0n) is 17.4. The third kappa shape index (κ3) is 6.03. The van der Waals surface area contributed by atoms with Gasteiger partial charge in [-0.15, -0.1) is 0 Å². The maximum atomic E-state index is 12.9. The van der Waals surface area contributed by atoms with Gasteiger partial charge in [-0.1, -0.05) is 12.1 Å². The molecule has 0 fully saturated rings. The molecule has 31 heavy (non-hydrogen) atoms. The molecule has 0 aromatic heterocycles. The van der Waals surface area contributed by atoms with E-state index in [1.165, 1.54) is 45.4 Å². The molecule has 170 valence electrons. The van der Waals surface area contributed by atoms with Gasteiger partial charge in [0, 0.05) is 12.6 Å². The van der Waals surface area contributed by atoms with E-state index in [0.29, 0.717) is 5.75 Å². The van der Waals surface area contributed by atoms with Crippen molar-refractivity contribution in [2.75, 3.05) is 24.8 Å². The molecule has 1 atom stereocenters. The Bertz CT molecular complexity index is 1040. The van der Waals surface area contributed by atoms with Crippen LogP contribution in [0.25, 0.3) is 0 Å². The Morgan fingerprint density at radius 3 is 2.35 bits per heavy atom. The number of sulfonamides is 1. The van der Waals surface area contributed by atoms with Crippen LogP contribution >= 0.6 is 0 Å². The fourth-order valence-corrected chi connectivity index (χ4v) is 4.11. The maximum Gasteiger partial charge on any atom is 0.416 e. The van der Waals surface area contributed by atoms with E-state index in [0.717, 1.165) is 22.7 Å². The van der Waals surface area contributed by atoms with Crippen LogP contribution in [0.4, 0.5) is 18.9 Å². The Labute approximate surface area is 178 Å². The number of methoxy groups -OCH3 is 2. The summed E-state index contributed by atoms with van der Waals surface area (Å²) in [6.45, 7) is 1.15. The van der Waals surface area contributed by atoms with E-state index >= 15 is 0 Å².